The summed E-state index contributed by atoms with van der Waals surface area (Å²) in [5.74, 6) is 0. The van der Waals surface area contributed by atoms with Crippen LogP contribution in [0.1, 0.15) is 108 Å². The first-order valence-corrected chi connectivity index (χ1v) is 21.0. The molecule has 4 nitrogen and oxygen atoms in total. The van der Waals surface area contributed by atoms with Crippen LogP contribution in [-0.2, 0) is 30.8 Å². The second-order valence-corrected chi connectivity index (χ2v) is 22.3. The molecule has 0 rings (SSSR count). The van der Waals surface area contributed by atoms with Crippen molar-refractivity contribution in [3.8, 4) is 0 Å². The standard InChI is InChI=1S/2C9H21OSi.2C3H7O.Ti/c2*1-4-7-11(10,8-5-2)9-6-3;2*1-3(2)4;/h2*4-9H2,1-3H3;2*3H,1-2H3;/q4*-1;+4. The van der Waals surface area contributed by atoms with E-state index in [1.807, 2.05) is 0 Å². The Bertz CT molecular complexity index is 375. The topological polar surface area (TPSA) is 36.9 Å². The van der Waals surface area contributed by atoms with Gasteiger partial charge < -0.3 is 0 Å². The van der Waals surface area contributed by atoms with Crippen molar-refractivity contribution in [2.45, 2.75) is 156 Å². The molecule has 0 heterocycles. The van der Waals surface area contributed by atoms with Gasteiger partial charge in [0.15, 0.2) is 0 Å². The van der Waals surface area contributed by atoms with Gasteiger partial charge >= 0.3 is 204 Å². The van der Waals surface area contributed by atoms with E-state index >= 15 is 0 Å². The van der Waals surface area contributed by atoms with Crippen LogP contribution in [0.3, 0.4) is 0 Å². The first kappa shape index (κ1) is 32.0. The minimum absolute atomic E-state index is 0.0481. The van der Waals surface area contributed by atoms with E-state index in [9.17, 15) is 0 Å². The van der Waals surface area contributed by atoms with Crippen molar-refractivity contribution < 1.29 is 30.8 Å². The zero-order chi connectivity index (χ0) is 24.0. The molecule has 31 heavy (non-hydrogen) atoms. The number of rotatable bonds is 20. The first-order valence-electron chi connectivity index (χ1n) is 13.4. The van der Waals surface area contributed by atoms with Gasteiger partial charge in [-0.1, -0.05) is 0 Å². The Morgan fingerprint density at radius 2 is 0.710 bits per heavy atom. The third kappa shape index (κ3) is 11.8. The maximum absolute atomic E-state index is 7.36. The van der Waals surface area contributed by atoms with Gasteiger partial charge in [-0.25, -0.2) is 0 Å². The fourth-order valence-corrected chi connectivity index (χ4v) is 25.3. The van der Waals surface area contributed by atoms with Crippen LogP contribution in [0.2, 0.25) is 36.3 Å². The van der Waals surface area contributed by atoms with Crippen LogP contribution in [-0.4, -0.2) is 28.8 Å². The average Bonchev–Trinajstić information content (AvgIpc) is 2.61. The van der Waals surface area contributed by atoms with Gasteiger partial charge in [-0.2, -0.15) is 0 Å². The summed E-state index contributed by atoms with van der Waals surface area (Å²) in [7, 11) is -4.01. The van der Waals surface area contributed by atoms with Crippen molar-refractivity contribution in [3.63, 3.8) is 0 Å². The summed E-state index contributed by atoms with van der Waals surface area (Å²) in [6.07, 6.45) is 7.07. The molecule has 0 saturated carbocycles. The zero-order valence-electron chi connectivity index (χ0n) is 22.8. The van der Waals surface area contributed by atoms with Gasteiger partial charge in [0.1, 0.15) is 0 Å². The van der Waals surface area contributed by atoms with Crippen molar-refractivity contribution in [2.75, 3.05) is 0 Å². The fourth-order valence-electron chi connectivity index (χ4n) is 5.04. The third-order valence-electron chi connectivity index (χ3n) is 5.68. The summed E-state index contributed by atoms with van der Waals surface area (Å²) in [5, 5.41) is 0. The van der Waals surface area contributed by atoms with E-state index in [1.54, 1.807) is 0 Å². The van der Waals surface area contributed by atoms with Crippen molar-refractivity contribution >= 4 is 16.6 Å². The minimum atomic E-state index is -3.97. The van der Waals surface area contributed by atoms with Gasteiger partial charge in [0.2, 0.25) is 0 Å². The van der Waals surface area contributed by atoms with Crippen LogP contribution >= 0.6 is 0 Å². The van der Waals surface area contributed by atoms with E-state index in [-0.39, 0.29) is 12.2 Å². The summed E-state index contributed by atoms with van der Waals surface area (Å²) in [4.78, 5) is 0. The van der Waals surface area contributed by atoms with Gasteiger partial charge in [-0.3, -0.25) is 0 Å². The molecule has 0 radical (unpaired) electrons. The van der Waals surface area contributed by atoms with Crippen LogP contribution in [0.4, 0.5) is 0 Å². The van der Waals surface area contributed by atoms with Crippen LogP contribution in [0.25, 0.3) is 0 Å². The SMILES string of the molecule is CCC[Si](CCC)(CCC)[O][Ti]([O]C(C)C)([O]C(C)C)[O][Si](CCC)(CCC)CCC. The molecule has 0 saturated heterocycles. The van der Waals surface area contributed by atoms with E-state index in [0.29, 0.717) is 0 Å². The molecule has 0 aromatic rings. The van der Waals surface area contributed by atoms with Gasteiger partial charge in [0, 0.05) is 0 Å². The zero-order valence-corrected chi connectivity index (χ0v) is 26.3. The van der Waals surface area contributed by atoms with Crippen molar-refractivity contribution in [1.82, 2.24) is 0 Å². The summed E-state index contributed by atoms with van der Waals surface area (Å²) >= 11 is -3.97. The van der Waals surface area contributed by atoms with E-state index < -0.39 is 34.8 Å². The number of hydrogen-bond donors (Lipinski definition) is 0. The second-order valence-electron chi connectivity index (χ2n) is 9.90. The monoisotopic (exact) mass is 512 g/mol. The van der Waals surface area contributed by atoms with Gasteiger partial charge in [-0.05, 0) is 0 Å². The molecule has 0 atom stereocenters. The molecular weight excluding hydrogens is 456 g/mol. The third-order valence-corrected chi connectivity index (χ3v) is 24.3. The van der Waals surface area contributed by atoms with E-state index in [1.165, 1.54) is 36.3 Å². The predicted molar refractivity (Wildman–Crippen MR) is 137 cm³/mol. The Morgan fingerprint density at radius 3 is 0.871 bits per heavy atom. The van der Waals surface area contributed by atoms with Gasteiger partial charge in [-0.15, -0.1) is 0 Å². The molecule has 188 valence electrons. The molecule has 0 aromatic heterocycles. The van der Waals surface area contributed by atoms with Crippen LogP contribution < -0.4 is 0 Å². The molecule has 0 spiro atoms. The Labute approximate surface area is 203 Å². The molecule has 0 bridgehead atoms. The van der Waals surface area contributed by atoms with Crippen LogP contribution in [0.15, 0.2) is 0 Å². The Morgan fingerprint density at radius 1 is 0.484 bits per heavy atom. The summed E-state index contributed by atoms with van der Waals surface area (Å²) < 4.78 is 28.2. The quantitative estimate of drug-likeness (QED) is 0.152. The van der Waals surface area contributed by atoms with Crippen LogP contribution in [0, 0.1) is 0 Å². The molecule has 0 aromatic carbocycles. The molecule has 0 aliphatic rings. The molecule has 0 N–H and O–H groups in total. The van der Waals surface area contributed by atoms with Gasteiger partial charge in [0.25, 0.3) is 0 Å². The summed E-state index contributed by atoms with van der Waals surface area (Å²) in [6.45, 7) is 22.2. The molecule has 0 amide bonds. The molecule has 0 fully saturated rings. The summed E-state index contributed by atoms with van der Waals surface area (Å²) in [5.41, 5.74) is 0. The molecular formula is C24H56O4Si2Ti. The maximum atomic E-state index is 7.36. The fraction of sp³-hybridized carbons (Fsp3) is 1.00. The van der Waals surface area contributed by atoms with Crippen molar-refractivity contribution in [2.24, 2.45) is 0 Å². The van der Waals surface area contributed by atoms with Crippen LogP contribution in [0.5, 0.6) is 0 Å². The van der Waals surface area contributed by atoms with E-state index in [0.717, 1.165) is 38.5 Å². The Balaban J connectivity index is 6.49. The Hall–Kier alpha value is 0.988. The average molecular weight is 513 g/mol. The first-order chi connectivity index (χ1) is 14.6. The van der Waals surface area contributed by atoms with Crippen molar-refractivity contribution in [3.05, 3.63) is 0 Å². The Kier molecular flexibility index (Phi) is 17.1. The summed E-state index contributed by atoms with van der Waals surface area (Å²) in [6, 6.07) is 7.07. The normalized spacial score (nSPS) is 13.5. The van der Waals surface area contributed by atoms with E-state index in [4.69, 9.17) is 12.7 Å². The molecule has 7 heteroatoms. The van der Waals surface area contributed by atoms with Crippen molar-refractivity contribution in [1.29, 1.82) is 0 Å². The molecule has 0 unspecified atom stereocenters. The van der Waals surface area contributed by atoms with Gasteiger partial charge in [0.05, 0.1) is 0 Å². The molecule has 0 aliphatic heterocycles. The predicted octanol–water partition coefficient (Wildman–Crippen LogP) is 9.03. The number of hydrogen-bond acceptors (Lipinski definition) is 4. The second kappa shape index (κ2) is 16.6. The molecule has 0 aliphatic carbocycles. The van der Waals surface area contributed by atoms with E-state index in [2.05, 4.69) is 69.2 Å².